The van der Waals surface area contributed by atoms with Gasteiger partial charge in [-0.1, -0.05) is 0 Å². The molecule has 48 valence electrons. The van der Waals surface area contributed by atoms with E-state index in [-0.39, 0.29) is 10.9 Å². The Morgan fingerprint density at radius 2 is 2.11 bits per heavy atom. The van der Waals surface area contributed by atoms with Gasteiger partial charge in [0, 0.05) is 0 Å². The Hall–Kier alpha value is -0.900. The fraction of sp³-hybridized carbons (Fsp3) is 0. The predicted molar refractivity (Wildman–Crippen MR) is 33.4 cm³/mol. The first-order chi connectivity index (χ1) is 4.34. The molecule has 0 aromatic carbocycles. The summed E-state index contributed by atoms with van der Waals surface area (Å²) >= 11 is 3.75. The van der Waals surface area contributed by atoms with E-state index in [9.17, 15) is 4.79 Å². The van der Waals surface area contributed by atoms with Crippen molar-refractivity contribution in [3.8, 4) is 0 Å². The average molecular weight is 144 g/mol. The number of rotatable bonds is 1. The van der Waals surface area contributed by atoms with Gasteiger partial charge in [0.05, 0.1) is 0 Å². The molecule has 0 spiro atoms. The second-order valence-electron chi connectivity index (χ2n) is 1.30. The number of thiol groups is 1. The Morgan fingerprint density at radius 1 is 1.56 bits per heavy atom. The molecule has 0 fully saturated rings. The van der Waals surface area contributed by atoms with Crippen LogP contribution in [-0.2, 0) is 14.3 Å². The van der Waals surface area contributed by atoms with Crippen LogP contribution in [0.25, 0.3) is 0 Å². The van der Waals surface area contributed by atoms with Crippen molar-refractivity contribution in [1.29, 1.82) is 0 Å². The quantitative estimate of drug-likeness (QED) is 0.336. The number of carbonyl (C=O) groups is 1. The van der Waals surface area contributed by atoms with Crippen LogP contribution >= 0.6 is 12.6 Å². The Labute approximate surface area is 57.4 Å². The third-order valence-electron chi connectivity index (χ3n) is 0.726. The van der Waals surface area contributed by atoms with E-state index in [0.717, 1.165) is 0 Å². The fourth-order valence-corrected chi connectivity index (χ4v) is 0.481. The number of hydrogen-bond donors (Lipinski definition) is 1. The van der Waals surface area contributed by atoms with E-state index in [4.69, 9.17) is 0 Å². The van der Waals surface area contributed by atoms with Crippen molar-refractivity contribution in [1.82, 2.24) is 0 Å². The summed E-state index contributed by atoms with van der Waals surface area (Å²) in [7, 11) is 0. The lowest BCUT2D eigenvalue weighted by atomic mass is 10.7. The van der Waals surface area contributed by atoms with Gasteiger partial charge >= 0.3 is 5.95 Å². The number of hydrogen-bond acceptors (Lipinski definition) is 4. The standard InChI is InChI=1S/C5H4O3S/c6-3-4(9)5-7-1-2-8-5/h1-3,9H. The molecular formula is C5H4O3S. The smallest absolute Gasteiger partial charge is 0.306 e. The van der Waals surface area contributed by atoms with Crippen LogP contribution in [0.2, 0.25) is 0 Å². The maximum absolute atomic E-state index is 9.97. The topological polar surface area (TPSA) is 35.5 Å². The normalized spacial score (nSPS) is 14.6. The van der Waals surface area contributed by atoms with Crippen LogP contribution in [0.4, 0.5) is 0 Å². The van der Waals surface area contributed by atoms with Crippen molar-refractivity contribution in [3.05, 3.63) is 23.4 Å². The molecule has 1 aliphatic rings. The summed E-state index contributed by atoms with van der Waals surface area (Å²) in [5, 5.41) is 0. The molecule has 3 nitrogen and oxygen atoms in total. The maximum atomic E-state index is 9.97. The molecule has 0 atom stereocenters. The summed E-state index contributed by atoms with van der Waals surface area (Å²) in [6.45, 7) is 0. The van der Waals surface area contributed by atoms with Gasteiger partial charge in [0.1, 0.15) is 17.4 Å². The summed E-state index contributed by atoms with van der Waals surface area (Å²) < 4.78 is 9.35. The summed E-state index contributed by atoms with van der Waals surface area (Å²) in [4.78, 5) is 10.1. The molecule has 0 radical (unpaired) electrons. The van der Waals surface area contributed by atoms with Gasteiger partial charge in [-0.2, -0.15) is 0 Å². The van der Waals surface area contributed by atoms with Gasteiger partial charge in [-0.25, -0.2) is 0 Å². The van der Waals surface area contributed by atoms with Crippen LogP contribution in [0.1, 0.15) is 0 Å². The van der Waals surface area contributed by atoms with E-state index in [1.807, 2.05) is 0 Å². The van der Waals surface area contributed by atoms with E-state index in [2.05, 4.69) is 22.1 Å². The molecular weight excluding hydrogens is 140 g/mol. The SMILES string of the molecule is O=CC(S)=C1OC=CO1. The number of allylic oxidation sites excluding steroid dienone is 1. The number of aldehydes is 1. The first-order valence-electron chi connectivity index (χ1n) is 2.21. The second kappa shape index (κ2) is 2.59. The van der Waals surface area contributed by atoms with Crippen LogP contribution in [0.5, 0.6) is 0 Å². The third-order valence-corrected chi connectivity index (χ3v) is 1.01. The van der Waals surface area contributed by atoms with E-state index in [1.54, 1.807) is 0 Å². The highest BCUT2D eigenvalue weighted by atomic mass is 32.1. The molecule has 0 N–H and O–H groups in total. The predicted octanol–water partition coefficient (Wildman–Crippen LogP) is 0.802. The molecule has 0 amide bonds. The molecule has 0 aliphatic carbocycles. The lowest BCUT2D eigenvalue weighted by Gasteiger charge is -1.94. The van der Waals surface area contributed by atoms with Gasteiger partial charge in [-0.05, 0) is 0 Å². The summed E-state index contributed by atoms with van der Waals surface area (Å²) in [5.41, 5.74) is 0. The first kappa shape index (κ1) is 6.22. The second-order valence-corrected chi connectivity index (χ2v) is 1.78. The highest BCUT2D eigenvalue weighted by molar-refractivity contribution is 7.85. The number of carbonyl (C=O) groups excluding carboxylic acids is 1. The Bertz CT molecular complexity index is 173. The minimum Gasteiger partial charge on any atom is -0.430 e. The van der Waals surface area contributed by atoms with Gasteiger partial charge in [-0.15, -0.1) is 12.6 Å². The van der Waals surface area contributed by atoms with Crippen LogP contribution in [-0.4, -0.2) is 6.29 Å². The molecule has 0 aromatic rings. The summed E-state index contributed by atoms with van der Waals surface area (Å²) in [5.74, 6) is 0.133. The highest BCUT2D eigenvalue weighted by Gasteiger charge is 2.07. The molecule has 0 saturated carbocycles. The zero-order valence-corrected chi connectivity index (χ0v) is 5.30. The Balaban J connectivity index is 2.71. The molecule has 4 heteroatoms. The molecule has 9 heavy (non-hydrogen) atoms. The van der Waals surface area contributed by atoms with Gasteiger partial charge < -0.3 is 9.47 Å². The van der Waals surface area contributed by atoms with Crippen LogP contribution in [0.3, 0.4) is 0 Å². The van der Waals surface area contributed by atoms with Crippen LogP contribution < -0.4 is 0 Å². The summed E-state index contributed by atoms with van der Waals surface area (Å²) in [6.07, 6.45) is 3.20. The van der Waals surface area contributed by atoms with E-state index >= 15 is 0 Å². The molecule has 0 bridgehead atoms. The average Bonchev–Trinajstić information content (AvgIpc) is 2.37. The van der Waals surface area contributed by atoms with Crippen molar-refractivity contribution < 1.29 is 14.3 Å². The molecule has 1 heterocycles. The van der Waals surface area contributed by atoms with Gasteiger partial charge in [-0.3, -0.25) is 4.79 Å². The van der Waals surface area contributed by atoms with Crippen molar-refractivity contribution in [3.63, 3.8) is 0 Å². The largest absolute Gasteiger partial charge is 0.430 e. The van der Waals surface area contributed by atoms with E-state index < -0.39 is 0 Å². The Morgan fingerprint density at radius 3 is 2.56 bits per heavy atom. The van der Waals surface area contributed by atoms with Gasteiger partial charge in [0.15, 0.2) is 6.29 Å². The number of ether oxygens (including phenoxy) is 2. The molecule has 1 aliphatic heterocycles. The highest BCUT2D eigenvalue weighted by Crippen LogP contribution is 2.14. The van der Waals surface area contributed by atoms with Crippen LogP contribution in [0, 0.1) is 0 Å². The molecule has 0 unspecified atom stereocenters. The lowest BCUT2D eigenvalue weighted by Crippen LogP contribution is -1.85. The van der Waals surface area contributed by atoms with Gasteiger partial charge in [0.2, 0.25) is 0 Å². The first-order valence-corrected chi connectivity index (χ1v) is 2.66. The van der Waals surface area contributed by atoms with E-state index in [0.29, 0.717) is 6.29 Å². The van der Waals surface area contributed by atoms with E-state index in [1.165, 1.54) is 12.5 Å². The van der Waals surface area contributed by atoms with Crippen molar-refractivity contribution in [2.45, 2.75) is 0 Å². The molecule has 1 rings (SSSR count). The lowest BCUT2D eigenvalue weighted by molar-refractivity contribution is -0.104. The maximum Gasteiger partial charge on any atom is 0.306 e. The zero-order chi connectivity index (χ0) is 6.69. The van der Waals surface area contributed by atoms with Crippen molar-refractivity contribution in [2.75, 3.05) is 0 Å². The summed E-state index contributed by atoms with van der Waals surface area (Å²) in [6, 6.07) is 0. The minimum atomic E-state index is 0.133. The van der Waals surface area contributed by atoms with Gasteiger partial charge in [0.25, 0.3) is 0 Å². The van der Waals surface area contributed by atoms with Crippen LogP contribution in [0.15, 0.2) is 23.4 Å². The minimum absolute atomic E-state index is 0.133. The Kier molecular flexibility index (Phi) is 1.79. The molecule has 0 aromatic heterocycles. The monoisotopic (exact) mass is 144 g/mol. The van der Waals surface area contributed by atoms with Crippen molar-refractivity contribution in [2.24, 2.45) is 0 Å². The zero-order valence-electron chi connectivity index (χ0n) is 4.40. The molecule has 0 saturated heterocycles. The fourth-order valence-electron chi connectivity index (χ4n) is 0.376. The van der Waals surface area contributed by atoms with Crippen molar-refractivity contribution >= 4 is 18.9 Å². The third kappa shape index (κ3) is 1.26.